The van der Waals surface area contributed by atoms with E-state index in [9.17, 15) is 14.7 Å². The van der Waals surface area contributed by atoms with Gasteiger partial charge >= 0.3 is 5.97 Å². The number of rotatable bonds is 8. The molecular formula is C37H36N2O3. The lowest BCUT2D eigenvalue weighted by Crippen LogP contribution is -2.34. The summed E-state index contributed by atoms with van der Waals surface area (Å²) < 4.78 is 2.28. The van der Waals surface area contributed by atoms with E-state index in [1.165, 1.54) is 11.1 Å². The first-order valence-electron chi connectivity index (χ1n) is 14.6. The highest BCUT2D eigenvalue weighted by Gasteiger charge is 2.45. The molecule has 0 spiro atoms. The second kappa shape index (κ2) is 10.6. The zero-order valence-corrected chi connectivity index (χ0v) is 24.6. The highest BCUT2D eigenvalue weighted by molar-refractivity contribution is 6.00. The molecule has 5 aromatic rings. The molecule has 6 rings (SSSR count). The van der Waals surface area contributed by atoms with Crippen molar-refractivity contribution in [2.75, 3.05) is 0 Å². The third kappa shape index (κ3) is 5.00. The zero-order valence-electron chi connectivity index (χ0n) is 24.6. The molecule has 0 aliphatic heterocycles. The van der Waals surface area contributed by atoms with Crippen molar-refractivity contribution in [1.82, 2.24) is 9.88 Å². The van der Waals surface area contributed by atoms with Crippen LogP contribution >= 0.6 is 0 Å². The molecule has 1 aliphatic carbocycles. The number of aromatic carboxylic acids is 1. The van der Waals surface area contributed by atoms with Crippen LogP contribution in [0.4, 0.5) is 0 Å². The molecule has 1 heterocycles. The minimum Gasteiger partial charge on any atom is -0.478 e. The Hall–Kier alpha value is -4.64. The maximum Gasteiger partial charge on any atom is 0.336 e. The van der Waals surface area contributed by atoms with E-state index in [4.69, 9.17) is 0 Å². The van der Waals surface area contributed by atoms with E-state index in [0.29, 0.717) is 29.2 Å². The number of carboxylic acid groups (broad SMARTS) is 1. The van der Waals surface area contributed by atoms with Gasteiger partial charge in [0.15, 0.2) is 0 Å². The van der Waals surface area contributed by atoms with Crippen molar-refractivity contribution >= 4 is 22.8 Å². The van der Waals surface area contributed by atoms with Crippen LogP contribution < -0.4 is 5.32 Å². The van der Waals surface area contributed by atoms with Crippen molar-refractivity contribution < 1.29 is 14.7 Å². The Labute approximate surface area is 246 Å². The van der Waals surface area contributed by atoms with Crippen LogP contribution in [0.25, 0.3) is 22.0 Å². The molecule has 5 nitrogen and oxygen atoms in total. The van der Waals surface area contributed by atoms with Crippen LogP contribution in [-0.2, 0) is 12.1 Å². The number of carboxylic acids is 1. The SMILES string of the molecule is Cc1c(C)n(Cc2ccc(-c3ccccc3C(=O)O)cc2)c2ccc(C(=O)NC3(c4cccc(C(C)C)c4)CC3)cc12. The number of benzene rings is 4. The molecule has 0 bridgehead atoms. The molecule has 1 fully saturated rings. The number of carbonyl (C=O) groups is 2. The monoisotopic (exact) mass is 556 g/mol. The van der Waals surface area contributed by atoms with Crippen LogP contribution in [-0.4, -0.2) is 21.6 Å². The lowest BCUT2D eigenvalue weighted by Gasteiger charge is -2.20. The van der Waals surface area contributed by atoms with Gasteiger partial charge in [0.2, 0.25) is 0 Å². The number of carbonyl (C=O) groups excluding carboxylic acids is 1. The number of hydrogen-bond donors (Lipinski definition) is 2. The highest BCUT2D eigenvalue weighted by Crippen LogP contribution is 2.46. The lowest BCUT2D eigenvalue weighted by atomic mass is 9.96. The zero-order chi connectivity index (χ0) is 29.6. The van der Waals surface area contributed by atoms with E-state index in [2.05, 4.69) is 80.0 Å². The number of aryl methyl sites for hydroxylation is 1. The van der Waals surface area contributed by atoms with Crippen molar-refractivity contribution in [3.05, 3.63) is 130 Å². The van der Waals surface area contributed by atoms with E-state index < -0.39 is 5.97 Å². The highest BCUT2D eigenvalue weighted by atomic mass is 16.4. The lowest BCUT2D eigenvalue weighted by molar-refractivity contribution is 0.0697. The van der Waals surface area contributed by atoms with E-state index >= 15 is 0 Å². The predicted octanol–water partition coefficient (Wildman–Crippen LogP) is 8.21. The number of fused-ring (bicyclic) bond motifs is 1. The molecule has 5 heteroatoms. The summed E-state index contributed by atoms with van der Waals surface area (Å²) >= 11 is 0. The van der Waals surface area contributed by atoms with Gasteiger partial charge in [-0.3, -0.25) is 4.79 Å². The Balaban J connectivity index is 1.24. The molecule has 212 valence electrons. The Morgan fingerprint density at radius 1 is 0.905 bits per heavy atom. The summed E-state index contributed by atoms with van der Waals surface area (Å²) in [5, 5.41) is 14.0. The molecule has 0 saturated heterocycles. The fraction of sp³-hybridized carbons (Fsp3) is 0.243. The van der Waals surface area contributed by atoms with E-state index in [0.717, 1.165) is 46.1 Å². The molecule has 1 aromatic heterocycles. The number of nitrogens with one attached hydrogen (secondary N) is 1. The second-order valence-corrected chi connectivity index (χ2v) is 11.9. The van der Waals surface area contributed by atoms with E-state index in [-0.39, 0.29) is 11.4 Å². The smallest absolute Gasteiger partial charge is 0.336 e. The summed E-state index contributed by atoms with van der Waals surface area (Å²) in [6, 6.07) is 29.8. The predicted molar refractivity (Wildman–Crippen MR) is 168 cm³/mol. The topological polar surface area (TPSA) is 71.3 Å². The Morgan fingerprint density at radius 3 is 2.33 bits per heavy atom. The normalized spacial score (nSPS) is 13.8. The fourth-order valence-electron chi connectivity index (χ4n) is 5.98. The van der Waals surface area contributed by atoms with Crippen molar-refractivity contribution in [2.24, 2.45) is 0 Å². The molecule has 1 saturated carbocycles. The van der Waals surface area contributed by atoms with Crippen molar-refractivity contribution in [3.8, 4) is 11.1 Å². The quantitative estimate of drug-likeness (QED) is 0.202. The van der Waals surface area contributed by atoms with Gasteiger partial charge in [-0.1, -0.05) is 80.6 Å². The van der Waals surface area contributed by atoms with Crippen molar-refractivity contribution in [2.45, 2.75) is 58.5 Å². The van der Waals surface area contributed by atoms with Crippen molar-refractivity contribution in [1.29, 1.82) is 0 Å². The summed E-state index contributed by atoms with van der Waals surface area (Å²) in [6.07, 6.45) is 1.91. The molecule has 4 aromatic carbocycles. The van der Waals surface area contributed by atoms with Crippen LogP contribution in [0.1, 0.15) is 81.3 Å². The first-order chi connectivity index (χ1) is 20.2. The minimum absolute atomic E-state index is 0.0358. The van der Waals surface area contributed by atoms with Crippen LogP contribution in [0.15, 0.2) is 91.0 Å². The molecule has 0 radical (unpaired) electrons. The summed E-state index contributed by atoms with van der Waals surface area (Å²) in [5.74, 6) is -0.521. The average Bonchev–Trinajstić information content (AvgIpc) is 3.75. The first kappa shape index (κ1) is 27.5. The largest absolute Gasteiger partial charge is 0.478 e. The molecule has 1 amide bonds. The van der Waals surface area contributed by atoms with Gasteiger partial charge in [0.1, 0.15) is 0 Å². The summed E-state index contributed by atoms with van der Waals surface area (Å²) in [4.78, 5) is 25.2. The van der Waals surface area contributed by atoms with Gasteiger partial charge in [-0.25, -0.2) is 4.79 Å². The van der Waals surface area contributed by atoms with Gasteiger partial charge in [0.25, 0.3) is 5.91 Å². The fourth-order valence-corrected chi connectivity index (χ4v) is 5.98. The Kier molecular flexibility index (Phi) is 6.97. The summed E-state index contributed by atoms with van der Waals surface area (Å²) in [6.45, 7) is 9.30. The number of nitrogens with zero attached hydrogens (tertiary/aromatic N) is 1. The van der Waals surface area contributed by atoms with Gasteiger partial charge in [-0.2, -0.15) is 0 Å². The average molecular weight is 557 g/mol. The summed E-state index contributed by atoms with van der Waals surface area (Å²) in [7, 11) is 0. The Bertz CT molecular complexity index is 1820. The minimum atomic E-state index is -0.930. The van der Waals surface area contributed by atoms with Crippen LogP contribution in [0, 0.1) is 13.8 Å². The molecule has 0 atom stereocenters. The third-order valence-electron chi connectivity index (χ3n) is 8.87. The van der Waals surface area contributed by atoms with Crippen LogP contribution in [0.5, 0.6) is 0 Å². The van der Waals surface area contributed by atoms with Gasteiger partial charge < -0.3 is 15.0 Å². The van der Waals surface area contributed by atoms with Gasteiger partial charge in [0, 0.05) is 28.7 Å². The molecule has 1 aliphatic rings. The molecule has 42 heavy (non-hydrogen) atoms. The Morgan fingerprint density at radius 2 is 1.64 bits per heavy atom. The number of amides is 1. The number of hydrogen-bond acceptors (Lipinski definition) is 2. The third-order valence-corrected chi connectivity index (χ3v) is 8.87. The molecule has 0 unspecified atom stereocenters. The van der Waals surface area contributed by atoms with E-state index in [1.807, 2.05) is 36.4 Å². The van der Waals surface area contributed by atoms with Gasteiger partial charge in [-0.15, -0.1) is 0 Å². The maximum absolute atomic E-state index is 13.5. The second-order valence-electron chi connectivity index (χ2n) is 11.9. The standard InChI is InChI=1S/C37H36N2O3/c1-23(2)28-8-7-9-30(20-28)37(18-19-37)38-35(40)29-16-17-34-33(21-29)24(3)25(4)39(34)22-26-12-14-27(15-13-26)31-10-5-6-11-32(31)36(41)42/h5-17,20-21,23H,18-19,22H2,1-4H3,(H,38,40)(H,41,42). The van der Waals surface area contributed by atoms with Crippen LogP contribution in [0.2, 0.25) is 0 Å². The van der Waals surface area contributed by atoms with Gasteiger partial charge in [0.05, 0.1) is 11.1 Å². The number of aromatic nitrogens is 1. The van der Waals surface area contributed by atoms with Crippen LogP contribution in [0.3, 0.4) is 0 Å². The summed E-state index contributed by atoms with van der Waals surface area (Å²) in [5.41, 5.74) is 9.30. The van der Waals surface area contributed by atoms with Crippen molar-refractivity contribution in [3.63, 3.8) is 0 Å². The van der Waals surface area contributed by atoms with Gasteiger partial charge in [-0.05, 0) is 90.3 Å². The first-order valence-corrected chi connectivity index (χ1v) is 14.6. The maximum atomic E-state index is 13.5. The van der Waals surface area contributed by atoms with E-state index in [1.54, 1.807) is 12.1 Å². The molecule has 2 N–H and O–H groups in total. The molecular weight excluding hydrogens is 520 g/mol.